The molecule has 0 radical (unpaired) electrons. The van der Waals surface area contributed by atoms with Crippen LogP contribution in [0.4, 0.5) is 0 Å². The third-order valence-corrected chi connectivity index (χ3v) is 6.50. The molecule has 1 fully saturated rings. The Bertz CT molecular complexity index is 818. The first-order valence-corrected chi connectivity index (χ1v) is 11.3. The lowest BCUT2D eigenvalue weighted by Gasteiger charge is -2.30. The first kappa shape index (κ1) is 19.3. The van der Waals surface area contributed by atoms with E-state index >= 15 is 0 Å². The van der Waals surface area contributed by atoms with Crippen LogP contribution in [0.3, 0.4) is 0 Å². The molecule has 30 heavy (non-hydrogen) atoms. The average molecular weight is 403 g/mol. The summed E-state index contributed by atoms with van der Waals surface area (Å²) in [5, 5.41) is 0. The second kappa shape index (κ2) is 9.03. The van der Waals surface area contributed by atoms with Gasteiger partial charge in [-0.25, -0.2) is 9.98 Å². The number of nitrogens with zero attached hydrogens (tertiary/aromatic N) is 2. The van der Waals surface area contributed by atoms with Gasteiger partial charge in [0, 0.05) is 11.8 Å². The number of hydrogen-bond acceptors (Lipinski definition) is 4. The summed E-state index contributed by atoms with van der Waals surface area (Å²) in [6, 6.07) is 21.6. The molecule has 4 atom stereocenters. The highest BCUT2D eigenvalue weighted by Crippen LogP contribution is 2.36. The van der Waals surface area contributed by atoms with E-state index in [0.29, 0.717) is 25.0 Å². The van der Waals surface area contributed by atoms with E-state index < -0.39 is 0 Å². The average Bonchev–Trinajstić information content (AvgIpc) is 3.45. The molecule has 4 nitrogen and oxygen atoms in total. The normalized spacial score (nSPS) is 28.4. The zero-order chi connectivity index (χ0) is 20.2. The molecule has 3 aliphatic rings. The van der Waals surface area contributed by atoms with Gasteiger partial charge in [0.25, 0.3) is 0 Å². The van der Waals surface area contributed by atoms with Crippen molar-refractivity contribution in [1.29, 1.82) is 0 Å². The van der Waals surface area contributed by atoms with Crippen LogP contribution in [0.25, 0.3) is 0 Å². The summed E-state index contributed by atoms with van der Waals surface area (Å²) < 4.78 is 12.3. The Morgan fingerprint density at radius 1 is 0.633 bits per heavy atom. The van der Waals surface area contributed by atoms with Crippen LogP contribution < -0.4 is 0 Å². The van der Waals surface area contributed by atoms with Crippen LogP contribution in [-0.2, 0) is 22.3 Å². The summed E-state index contributed by atoms with van der Waals surface area (Å²) in [5.74, 6) is 2.51. The third kappa shape index (κ3) is 4.43. The van der Waals surface area contributed by atoms with E-state index in [1.807, 2.05) is 0 Å². The van der Waals surface area contributed by atoms with E-state index in [9.17, 15) is 0 Å². The van der Waals surface area contributed by atoms with Crippen molar-refractivity contribution in [3.63, 3.8) is 0 Å². The van der Waals surface area contributed by atoms with Crippen LogP contribution in [0.5, 0.6) is 0 Å². The first-order valence-electron chi connectivity index (χ1n) is 11.3. The molecule has 0 unspecified atom stereocenters. The number of rotatable bonds is 6. The maximum absolute atomic E-state index is 6.13. The Kier molecular flexibility index (Phi) is 5.82. The predicted octanol–water partition coefficient (Wildman–Crippen LogP) is 4.87. The molecule has 0 spiro atoms. The van der Waals surface area contributed by atoms with Gasteiger partial charge in [-0.05, 0) is 36.8 Å². The molecule has 0 N–H and O–H groups in total. The van der Waals surface area contributed by atoms with Crippen LogP contribution in [0, 0.1) is 11.8 Å². The van der Waals surface area contributed by atoms with Crippen molar-refractivity contribution in [1.82, 2.24) is 0 Å². The van der Waals surface area contributed by atoms with E-state index in [1.165, 1.54) is 24.0 Å². The van der Waals surface area contributed by atoms with Gasteiger partial charge in [-0.2, -0.15) is 0 Å². The Morgan fingerprint density at radius 2 is 1.07 bits per heavy atom. The molecule has 2 aromatic carbocycles. The second-order valence-electron chi connectivity index (χ2n) is 8.74. The van der Waals surface area contributed by atoms with Gasteiger partial charge in [0.2, 0.25) is 0 Å². The Morgan fingerprint density at radius 3 is 1.50 bits per heavy atom. The Labute approximate surface area is 179 Å². The smallest absolute Gasteiger partial charge is 0.187 e. The summed E-state index contributed by atoms with van der Waals surface area (Å²) in [6.45, 7) is 1.38. The zero-order valence-corrected chi connectivity index (χ0v) is 17.5. The van der Waals surface area contributed by atoms with E-state index in [4.69, 9.17) is 19.5 Å². The largest absolute Gasteiger partial charge is 0.478 e. The maximum Gasteiger partial charge on any atom is 0.187 e. The minimum absolute atomic E-state index is 0.224. The number of aliphatic imine (C=N–C) groups is 2. The third-order valence-electron chi connectivity index (χ3n) is 6.50. The van der Waals surface area contributed by atoms with Crippen LogP contribution >= 0.6 is 0 Å². The highest BCUT2D eigenvalue weighted by Gasteiger charge is 2.39. The van der Waals surface area contributed by atoms with Crippen LogP contribution in [0.2, 0.25) is 0 Å². The SMILES string of the molecule is c1ccc(C[C@H]2COC([C@@H]3CCCC[C@H]3C3=N[C@@H](Cc4ccccc4)CO3)=N2)cc1. The molecule has 1 saturated carbocycles. The van der Waals surface area contributed by atoms with Gasteiger partial charge in [0.05, 0.1) is 12.1 Å². The fourth-order valence-corrected chi connectivity index (χ4v) is 4.98. The Balaban J connectivity index is 1.27. The molecule has 1 aliphatic carbocycles. The van der Waals surface area contributed by atoms with Crippen molar-refractivity contribution < 1.29 is 9.47 Å². The molecule has 2 aromatic rings. The molecule has 0 amide bonds. The van der Waals surface area contributed by atoms with E-state index in [1.54, 1.807) is 0 Å². The first-order chi connectivity index (χ1) is 14.8. The number of hydrogen-bond donors (Lipinski definition) is 0. The highest BCUT2D eigenvalue weighted by molar-refractivity contribution is 5.89. The molecular formula is C26H30N2O2. The van der Waals surface area contributed by atoms with Crippen molar-refractivity contribution in [2.24, 2.45) is 21.8 Å². The molecule has 2 aliphatic heterocycles. The van der Waals surface area contributed by atoms with Gasteiger partial charge in [-0.3, -0.25) is 0 Å². The predicted molar refractivity (Wildman–Crippen MR) is 120 cm³/mol. The summed E-state index contributed by atoms with van der Waals surface area (Å²) >= 11 is 0. The quantitative estimate of drug-likeness (QED) is 0.692. The molecule has 2 heterocycles. The molecule has 5 rings (SSSR count). The standard InChI is InChI=1S/C26H30N2O2/c1-3-9-19(10-4-1)15-21-17-29-25(27-21)23-13-7-8-14-24(23)26-28-22(18-30-26)16-20-11-5-2-6-12-20/h1-6,9-12,21-24H,7-8,13-18H2/t21-,22-,23+,24+/m0/s1. The van der Waals surface area contributed by atoms with Crippen LogP contribution in [0.15, 0.2) is 70.6 Å². The van der Waals surface area contributed by atoms with Crippen molar-refractivity contribution in [2.75, 3.05) is 13.2 Å². The topological polar surface area (TPSA) is 43.2 Å². The van der Waals surface area contributed by atoms with Crippen molar-refractivity contribution in [3.8, 4) is 0 Å². The van der Waals surface area contributed by atoms with Crippen LogP contribution in [-0.4, -0.2) is 37.1 Å². The number of ether oxygens (including phenoxy) is 2. The summed E-state index contributed by atoms with van der Waals surface area (Å²) in [5.41, 5.74) is 2.65. The lowest BCUT2D eigenvalue weighted by Crippen LogP contribution is -2.33. The molecular weight excluding hydrogens is 372 g/mol. The van der Waals surface area contributed by atoms with Gasteiger partial charge in [0.1, 0.15) is 13.2 Å². The van der Waals surface area contributed by atoms with Crippen molar-refractivity contribution >= 4 is 11.8 Å². The molecule has 156 valence electrons. The second-order valence-corrected chi connectivity index (χ2v) is 8.74. The summed E-state index contributed by atoms with van der Waals surface area (Å²) in [4.78, 5) is 10.00. The van der Waals surface area contributed by atoms with Crippen molar-refractivity contribution in [3.05, 3.63) is 71.8 Å². The van der Waals surface area contributed by atoms with Gasteiger partial charge in [0.15, 0.2) is 11.8 Å². The molecule has 0 bridgehead atoms. The maximum atomic E-state index is 6.13. The minimum Gasteiger partial charge on any atom is -0.478 e. The van der Waals surface area contributed by atoms with Gasteiger partial charge >= 0.3 is 0 Å². The Hall–Kier alpha value is -2.62. The summed E-state index contributed by atoms with van der Waals surface area (Å²) in [6.07, 6.45) is 6.58. The molecule has 0 aromatic heterocycles. The highest BCUT2D eigenvalue weighted by atomic mass is 16.5. The number of benzene rings is 2. The molecule has 4 heteroatoms. The minimum atomic E-state index is 0.224. The monoisotopic (exact) mass is 402 g/mol. The lowest BCUT2D eigenvalue weighted by molar-refractivity contribution is 0.237. The van der Waals surface area contributed by atoms with Crippen LogP contribution in [0.1, 0.15) is 36.8 Å². The molecule has 0 saturated heterocycles. The van der Waals surface area contributed by atoms with Gasteiger partial charge in [-0.15, -0.1) is 0 Å². The van der Waals surface area contributed by atoms with Gasteiger partial charge < -0.3 is 9.47 Å². The fraction of sp³-hybridized carbons (Fsp3) is 0.462. The van der Waals surface area contributed by atoms with Crippen molar-refractivity contribution in [2.45, 2.75) is 50.6 Å². The summed E-state index contributed by atoms with van der Waals surface area (Å²) in [7, 11) is 0. The van der Waals surface area contributed by atoms with E-state index in [0.717, 1.165) is 37.5 Å². The fourth-order valence-electron chi connectivity index (χ4n) is 4.98. The van der Waals surface area contributed by atoms with E-state index in [2.05, 4.69) is 60.7 Å². The van der Waals surface area contributed by atoms with E-state index in [-0.39, 0.29) is 12.1 Å². The lowest BCUT2D eigenvalue weighted by atomic mass is 9.79. The zero-order valence-electron chi connectivity index (χ0n) is 17.5. The van der Waals surface area contributed by atoms with Gasteiger partial charge in [-0.1, -0.05) is 73.5 Å².